The predicted octanol–water partition coefficient (Wildman–Crippen LogP) is 2.91. The zero-order valence-corrected chi connectivity index (χ0v) is 13.2. The third-order valence-corrected chi connectivity index (χ3v) is 3.65. The van der Waals surface area contributed by atoms with Gasteiger partial charge in [0.2, 0.25) is 0 Å². The molecule has 3 N–H and O–H groups in total. The molecule has 120 valence electrons. The van der Waals surface area contributed by atoms with Crippen LogP contribution < -0.4 is 10.7 Å². The van der Waals surface area contributed by atoms with Crippen LogP contribution in [0.2, 0.25) is 5.02 Å². The monoisotopic (exact) mass is 340 g/mol. The highest BCUT2D eigenvalue weighted by molar-refractivity contribution is 6.41. The number of H-pyrrole nitrogens is 1. The number of aromatic amines is 1. The molecular formula is C17H13ClN4O2. The van der Waals surface area contributed by atoms with Crippen LogP contribution in [0, 0.1) is 0 Å². The normalized spacial score (nSPS) is 10.9. The van der Waals surface area contributed by atoms with E-state index in [4.69, 9.17) is 11.6 Å². The number of hydrogen-bond acceptors (Lipinski definition) is 3. The molecular weight excluding hydrogens is 328 g/mol. The van der Waals surface area contributed by atoms with E-state index >= 15 is 0 Å². The first-order valence-electron chi connectivity index (χ1n) is 7.10. The quantitative estimate of drug-likeness (QED) is 0.389. The number of rotatable bonds is 3. The van der Waals surface area contributed by atoms with Gasteiger partial charge in [-0.1, -0.05) is 41.9 Å². The number of benzene rings is 2. The lowest BCUT2D eigenvalue weighted by atomic mass is 10.2. The van der Waals surface area contributed by atoms with Gasteiger partial charge in [0.25, 0.3) is 0 Å². The summed E-state index contributed by atoms with van der Waals surface area (Å²) in [4.78, 5) is 26.7. The minimum absolute atomic E-state index is 0.348. The van der Waals surface area contributed by atoms with Crippen LogP contribution in [-0.2, 0) is 9.59 Å². The number of carbonyl (C=O) groups is 2. The summed E-state index contributed by atoms with van der Waals surface area (Å²) in [5.74, 6) is -1.73. The Kier molecular flexibility index (Phi) is 4.58. The molecule has 0 saturated heterocycles. The van der Waals surface area contributed by atoms with Crippen molar-refractivity contribution in [3.05, 3.63) is 65.3 Å². The molecule has 0 atom stereocenters. The van der Waals surface area contributed by atoms with Crippen molar-refractivity contribution in [1.29, 1.82) is 0 Å². The van der Waals surface area contributed by atoms with Crippen molar-refractivity contribution < 1.29 is 9.59 Å². The highest BCUT2D eigenvalue weighted by Crippen LogP contribution is 2.20. The standard InChI is InChI=1S/C17H13ClN4O2/c18-13-6-2-4-8-15(13)21-16(23)17(24)22-20-10-11-9-19-14-7-3-1-5-12(11)14/h1-10,19H,(H,21,23)(H,22,24). The second-order valence-electron chi connectivity index (χ2n) is 4.92. The lowest BCUT2D eigenvalue weighted by Crippen LogP contribution is -2.32. The second-order valence-corrected chi connectivity index (χ2v) is 5.33. The van der Waals surface area contributed by atoms with Gasteiger partial charge < -0.3 is 10.3 Å². The molecule has 0 unspecified atom stereocenters. The zero-order valence-electron chi connectivity index (χ0n) is 12.4. The van der Waals surface area contributed by atoms with Crippen LogP contribution in [0.25, 0.3) is 10.9 Å². The first-order valence-corrected chi connectivity index (χ1v) is 7.48. The van der Waals surface area contributed by atoms with Gasteiger partial charge in [-0.2, -0.15) is 5.10 Å². The minimum Gasteiger partial charge on any atom is -0.361 e. The summed E-state index contributed by atoms with van der Waals surface area (Å²) in [6, 6.07) is 14.3. The number of hydrazone groups is 1. The predicted molar refractivity (Wildman–Crippen MR) is 94.1 cm³/mol. The Hall–Kier alpha value is -3.12. The van der Waals surface area contributed by atoms with Crippen LogP contribution in [-0.4, -0.2) is 23.0 Å². The van der Waals surface area contributed by atoms with E-state index in [1.807, 2.05) is 24.3 Å². The fourth-order valence-corrected chi connectivity index (χ4v) is 2.34. The van der Waals surface area contributed by atoms with Crippen LogP contribution in [0.3, 0.4) is 0 Å². The topological polar surface area (TPSA) is 86.3 Å². The Morgan fingerprint density at radius 3 is 2.62 bits per heavy atom. The van der Waals surface area contributed by atoms with Gasteiger partial charge in [-0.15, -0.1) is 0 Å². The van der Waals surface area contributed by atoms with E-state index in [0.29, 0.717) is 10.7 Å². The Balaban J connectivity index is 1.62. The number of nitrogens with one attached hydrogen (secondary N) is 3. The molecule has 0 saturated carbocycles. The molecule has 0 aliphatic heterocycles. The molecule has 7 heteroatoms. The number of halogens is 1. The number of carbonyl (C=O) groups excluding carboxylic acids is 2. The van der Waals surface area contributed by atoms with E-state index in [1.54, 1.807) is 30.5 Å². The molecule has 0 bridgehead atoms. The molecule has 0 radical (unpaired) electrons. The SMILES string of the molecule is O=C(NN=Cc1c[nH]c2ccccc12)C(=O)Nc1ccccc1Cl. The molecule has 1 heterocycles. The van der Waals surface area contributed by atoms with Crippen molar-refractivity contribution in [1.82, 2.24) is 10.4 Å². The van der Waals surface area contributed by atoms with Crippen molar-refractivity contribution in [3.8, 4) is 0 Å². The van der Waals surface area contributed by atoms with Crippen molar-refractivity contribution in [2.24, 2.45) is 5.10 Å². The molecule has 0 fully saturated rings. The van der Waals surface area contributed by atoms with Crippen molar-refractivity contribution in [2.45, 2.75) is 0 Å². The third-order valence-electron chi connectivity index (χ3n) is 3.32. The summed E-state index contributed by atoms with van der Waals surface area (Å²) in [6.45, 7) is 0. The fraction of sp³-hybridized carbons (Fsp3) is 0. The number of hydrogen-bond donors (Lipinski definition) is 3. The molecule has 2 amide bonds. The van der Waals surface area contributed by atoms with Crippen LogP contribution in [0.4, 0.5) is 5.69 Å². The van der Waals surface area contributed by atoms with Crippen molar-refractivity contribution in [2.75, 3.05) is 5.32 Å². The average molecular weight is 341 g/mol. The summed E-state index contributed by atoms with van der Waals surface area (Å²) in [6.07, 6.45) is 3.24. The fourth-order valence-electron chi connectivity index (χ4n) is 2.15. The first-order chi connectivity index (χ1) is 11.6. The van der Waals surface area contributed by atoms with E-state index in [1.165, 1.54) is 6.21 Å². The molecule has 3 rings (SSSR count). The Morgan fingerprint density at radius 1 is 1.04 bits per heavy atom. The highest BCUT2D eigenvalue weighted by Gasteiger charge is 2.14. The maximum Gasteiger partial charge on any atom is 0.329 e. The number of aromatic nitrogens is 1. The van der Waals surface area contributed by atoms with E-state index < -0.39 is 11.8 Å². The van der Waals surface area contributed by atoms with Crippen LogP contribution in [0.5, 0.6) is 0 Å². The first kappa shape index (κ1) is 15.8. The molecule has 3 aromatic rings. The Labute approximate surface area is 142 Å². The molecule has 6 nitrogen and oxygen atoms in total. The van der Waals surface area contributed by atoms with Gasteiger partial charge >= 0.3 is 11.8 Å². The van der Waals surface area contributed by atoms with Gasteiger partial charge in [0.1, 0.15) is 0 Å². The van der Waals surface area contributed by atoms with Crippen LogP contribution in [0.15, 0.2) is 59.8 Å². The van der Waals surface area contributed by atoms with E-state index in [2.05, 4.69) is 20.8 Å². The number of anilines is 1. The van der Waals surface area contributed by atoms with Crippen LogP contribution >= 0.6 is 11.6 Å². The summed E-state index contributed by atoms with van der Waals surface area (Å²) >= 11 is 5.92. The molecule has 24 heavy (non-hydrogen) atoms. The zero-order chi connectivity index (χ0) is 16.9. The van der Waals surface area contributed by atoms with E-state index in [-0.39, 0.29) is 0 Å². The summed E-state index contributed by atoms with van der Waals surface area (Å²) in [7, 11) is 0. The number of fused-ring (bicyclic) bond motifs is 1. The van der Waals surface area contributed by atoms with Gasteiger partial charge in [-0.05, 0) is 18.2 Å². The molecule has 0 spiro atoms. The van der Waals surface area contributed by atoms with Gasteiger partial charge in [0.05, 0.1) is 16.9 Å². The minimum atomic E-state index is -0.883. The van der Waals surface area contributed by atoms with Gasteiger partial charge in [0.15, 0.2) is 0 Å². The van der Waals surface area contributed by atoms with Gasteiger partial charge in [-0.25, -0.2) is 5.43 Å². The third kappa shape index (κ3) is 3.44. The lowest BCUT2D eigenvalue weighted by molar-refractivity contribution is -0.136. The van der Waals surface area contributed by atoms with E-state index in [0.717, 1.165) is 16.5 Å². The molecule has 1 aromatic heterocycles. The Bertz CT molecular complexity index is 933. The van der Waals surface area contributed by atoms with Gasteiger partial charge in [0, 0.05) is 22.7 Å². The van der Waals surface area contributed by atoms with Crippen LogP contribution in [0.1, 0.15) is 5.56 Å². The molecule has 0 aliphatic rings. The van der Waals surface area contributed by atoms with Crippen molar-refractivity contribution in [3.63, 3.8) is 0 Å². The smallest absolute Gasteiger partial charge is 0.329 e. The molecule has 0 aliphatic carbocycles. The molecule has 2 aromatic carbocycles. The average Bonchev–Trinajstić information content (AvgIpc) is 3.00. The van der Waals surface area contributed by atoms with E-state index in [9.17, 15) is 9.59 Å². The van der Waals surface area contributed by atoms with Crippen molar-refractivity contribution >= 4 is 46.2 Å². The highest BCUT2D eigenvalue weighted by atomic mass is 35.5. The van der Waals surface area contributed by atoms with Gasteiger partial charge in [-0.3, -0.25) is 9.59 Å². The number of nitrogens with zero attached hydrogens (tertiary/aromatic N) is 1. The summed E-state index contributed by atoms with van der Waals surface area (Å²) < 4.78 is 0. The summed E-state index contributed by atoms with van der Waals surface area (Å²) in [5.41, 5.74) is 4.31. The second kappa shape index (κ2) is 6.97. The lowest BCUT2D eigenvalue weighted by Gasteiger charge is -2.05. The number of para-hydroxylation sites is 2. The number of amides is 2. The maximum absolute atomic E-state index is 11.8. The summed E-state index contributed by atoms with van der Waals surface area (Å²) in [5, 5.41) is 7.55. The maximum atomic E-state index is 11.8. The Morgan fingerprint density at radius 2 is 1.79 bits per heavy atom. The largest absolute Gasteiger partial charge is 0.361 e.